The third kappa shape index (κ3) is 4.32. The number of aliphatic hydroxyl groups excluding tert-OH is 1. The number of aliphatic hydroxyl groups is 1. The standard InChI is InChI=1S/C11H15BrN2O3/c1-8(3-2-6-15)13-10-7-9(12)4-5-11(10)14(16)17/h4-5,7-8,13,15H,2-3,6H2,1H3. The number of nitrogens with zero attached hydrogens (tertiary/aromatic N) is 1. The van der Waals surface area contributed by atoms with Crippen molar-refractivity contribution >= 4 is 27.3 Å². The molecule has 0 spiro atoms. The lowest BCUT2D eigenvalue weighted by Gasteiger charge is -2.14. The number of rotatable bonds is 6. The van der Waals surface area contributed by atoms with Gasteiger partial charge in [0.1, 0.15) is 5.69 Å². The average Bonchev–Trinajstić information content (AvgIpc) is 2.26. The first-order valence-corrected chi connectivity index (χ1v) is 6.15. The molecule has 0 heterocycles. The maximum absolute atomic E-state index is 10.8. The van der Waals surface area contributed by atoms with Gasteiger partial charge in [-0.15, -0.1) is 0 Å². The Hall–Kier alpha value is -1.14. The van der Waals surface area contributed by atoms with Gasteiger partial charge in [0.2, 0.25) is 0 Å². The number of hydrogen-bond acceptors (Lipinski definition) is 4. The van der Waals surface area contributed by atoms with Crippen LogP contribution in [-0.2, 0) is 0 Å². The van der Waals surface area contributed by atoms with E-state index >= 15 is 0 Å². The normalized spacial score (nSPS) is 12.2. The molecule has 0 fully saturated rings. The Labute approximate surface area is 108 Å². The lowest BCUT2D eigenvalue weighted by molar-refractivity contribution is -0.384. The predicted octanol–water partition coefficient (Wildman–Crippen LogP) is 2.93. The van der Waals surface area contributed by atoms with Crippen molar-refractivity contribution in [1.29, 1.82) is 0 Å². The second kappa shape index (κ2) is 6.56. The van der Waals surface area contributed by atoms with Crippen LogP contribution in [0.5, 0.6) is 0 Å². The van der Waals surface area contributed by atoms with E-state index < -0.39 is 4.92 Å². The van der Waals surface area contributed by atoms with Crippen LogP contribution in [0.15, 0.2) is 22.7 Å². The summed E-state index contributed by atoms with van der Waals surface area (Å²) in [4.78, 5) is 10.4. The van der Waals surface area contributed by atoms with Crippen molar-refractivity contribution in [2.24, 2.45) is 0 Å². The van der Waals surface area contributed by atoms with Crippen molar-refractivity contribution in [2.75, 3.05) is 11.9 Å². The van der Waals surface area contributed by atoms with Crippen LogP contribution in [0.1, 0.15) is 19.8 Å². The van der Waals surface area contributed by atoms with Crippen molar-refractivity contribution in [3.8, 4) is 0 Å². The minimum absolute atomic E-state index is 0.0593. The molecule has 0 radical (unpaired) electrons. The van der Waals surface area contributed by atoms with Gasteiger partial charge < -0.3 is 10.4 Å². The topological polar surface area (TPSA) is 75.4 Å². The molecular weight excluding hydrogens is 288 g/mol. The van der Waals surface area contributed by atoms with Crippen LogP contribution in [0.3, 0.4) is 0 Å². The summed E-state index contributed by atoms with van der Waals surface area (Å²) in [7, 11) is 0. The zero-order valence-electron chi connectivity index (χ0n) is 9.52. The average molecular weight is 303 g/mol. The van der Waals surface area contributed by atoms with E-state index in [1.807, 2.05) is 6.92 Å². The fraction of sp³-hybridized carbons (Fsp3) is 0.455. The number of nitro groups is 1. The highest BCUT2D eigenvalue weighted by Gasteiger charge is 2.15. The number of nitrogens with one attached hydrogen (secondary N) is 1. The molecule has 5 nitrogen and oxygen atoms in total. The Morgan fingerprint density at radius 2 is 2.29 bits per heavy atom. The summed E-state index contributed by atoms with van der Waals surface area (Å²) in [5.74, 6) is 0. The highest BCUT2D eigenvalue weighted by Crippen LogP contribution is 2.28. The van der Waals surface area contributed by atoms with E-state index in [2.05, 4.69) is 21.2 Å². The zero-order chi connectivity index (χ0) is 12.8. The van der Waals surface area contributed by atoms with E-state index in [0.29, 0.717) is 12.1 Å². The van der Waals surface area contributed by atoms with Crippen LogP contribution in [0.4, 0.5) is 11.4 Å². The molecule has 1 unspecified atom stereocenters. The third-order valence-corrected chi connectivity index (χ3v) is 2.85. The quantitative estimate of drug-likeness (QED) is 0.626. The van der Waals surface area contributed by atoms with Gasteiger partial charge in [-0.1, -0.05) is 15.9 Å². The zero-order valence-corrected chi connectivity index (χ0v) is 11.1. The molecule has 0 aliphatic heterocycles. The van der Waals surface area contributed by atoms with Gasteiger partial charge >= 0.3 is 0 Å². The van der Waals surface area contributed by atoms with Crippen LogP contribution >= 0.6 is 15.9 Å². The Morgan fingerprint density at radius 3 is 2.88 bits per heavy atom. The number of benzene rings is 1. The third-order valence-electron chi connectivity index (χ3n) is 2.35. The van der Waals surface area contributed by atoms with Gasteiger partial charge in [0, 0.05) is 23.2 Å². The molecule has 6 heteroatoms. The van der Waals surface area contributed by atoms with Crippen molar-refractivity contribution in [2.45, 2.75) is 25.8 Å². The minimum Gasteiger partial charge on any atom is -0.396 e. The van der Waals surface area contributed by atoms with Crippen LogP contribution in [0.25, 0.3) is 0 Å². The molecule has 0 aliphatic rings. The monoisotopic (exact) mass is 302 g/mol. The summed E-state index contributed by atoms with van der Waals surface area (Å²) >= 11 is 3.29. The smallest absolute Gasteiger partial charge is 0.292 e. The molecule has 0 aromatic heterocycles. The van der Waals surface area contributed by atoms with Crippen LogP contribution in [0, 0.1) is 10.1 Å². The van der Waals surface area contributed by atoms with Crippen molar-refractivity contribution in [3.63, 3.8) is 0 Å². The molecule has 1 rings (SSSR count). The molecule has 0 amide bonds. The Bertz CT molecular complexity index is 398. The minimum atomic E-state index is -0.409. The number of nitro benzene ring substituents is 1. The molecule has 0 saturated heterocycles. The van der Waals surface area contributed by atoms with E-state index in [0.717, 1.165) is 10.9 Å². The highest BCUT2D eigenvalue weighted by atomic mass is 79.9. The van der Waals surface area contributed by atoms with E-state index in [-0.39, 0.29) is 18.3 Å². The summed E-state index contributed by atoms with van der Waals surface area (Å²) in [6.45, 7) is 2.06. The molecule has 1 aromatic carbocycles. The molecule has 94 valence electrons. The molecule has 0 bridgehead atoms. The van der Waals surface area contributed by atoms with Crippen molar-refractivity contribution in [3.05, 3.63) is 32.8 Å². The number of halogens is 1. The summed E-state index contributed by atoms with van der Waals surface area (Å²) < 4.78 is 0.792. The maximum Gasteiger partial charge on any atom is 0.292 e. The summed E-state index contributed by atoms with van der Waals surface area (Å²) in [6.07, 6.45) is 1.44. The van der Waals surface area contributed by atoms with Gasteiger partial charge in [-0.2, -0.15) is 0 Å². The molecule has 2 N–H and O–H groups in total. The molecule has 1 aromatic rings. The summed E-state index contributed by atoms with van der Waals surface area (Å²) in [5, 5.41) is 22.6. The van der Waals surface area contributed by atoms with E-state index in [1.54, 1.807) is 12.1 Å². The summed E-state index contributed by atoms with van der Waals surface area (Å²) in [5.41, 5.74) is 0.555. The first-order valence-electron chi connectivity index (χ1n) is 5.36. The molecule has 0 saturated carbocycles. The first-order chi connectivity index (χ1) is 8.04. The Morgan fingerprint density at radius 1 is 1.59 bits per heavy atom. The van der Waals surface area contributed by atoms with Crippen molar-refractivity contribution in [1.82, 2.24) is 0 Å². The molecule has 1 atom stereocenters. The van der Waals surface area contributed by atoms with E-state index in [1.165, 1.54) is 6.07 Å². The Balaban J connectivity index is 2.81. The van der Waals surface area contributed by atoms with Gasteiger partial charge in [-0.05, 0) is 31.9 Å². The fourth-order valence-corrected chi connectivity index (χ4v) is 1.88. The largest absolute Gasteiger partial charge is 0.396 e. The molecule has 0 aliphatic carbocycles. The van der Waals surface area contributed by atoms with Crippen LogP contribution in [0.2, 0.25) is 0 Å². The van der Waals surface area contributed by atoms with Crippen molar-refractivity contribution < 1.29 is 10.0 Å². The SMILES string of the molecule is CC(CCCO)Nc1cc(Br)ccc1[N+](=O)[O-]. The lowest BCUT2D eigenvalue weighted by Crippen LogP contribution is -2.16. The first kappa shape index (κ1) is 13.9. The van der Waals surface area contributed by atoms with Gasteiger partial charge in [-0.3, -0.25) is 10.1 Å². The summed E-state index contributed by atoms with van der Waals surface area (Å²) in [6, 6.07) is 4.87. The predicted molar refractivity (Wildman–Crippen MR) is 70.2 cm³/mol. The highest BCUT2D eigenvalue weighted by molar-refractivity contribution is 9.10. The molecular formula is C11H15BrN2O3. The van der Waals surface area contributed by atoms with Crippen LogP contribution in [-0.4, -0.2) is 22.7 Å². The number of hydrogen-bond donors (Lipinski definition) is 2. The van der Waals surface area contributed by atoms with Gasteiger partial charge in [0.05, 0.1) is 4.92 Å². The Kier molecular flexibility index (Phi) is 5.37. The molecule has 17 heavy (non-hydrogen) atoms. The second-order valence-electron chi connectivity index (χ2n) is 3.83. The second-order valence-corrected chi connectivity index (χ2v) is 4.75. The van der Waals surface area contributed by atoms with Crippen LogP contribution < -0.4 is 5.32 Å². The van der Waals surface area contributed by atoms with E-state index in [9.17, 15) is 10.1 Å². The van der Waals surface area contributed by atoms with Gasteiger partial charge in [0.15, 0.2) is 0 Å². The fourth-order valence-electron chi connectivity index (χ4n) is 1.52. The van der Waals surface area contributed by atoms with Gasteiger partial charge in [0.25, 0.3) is 5.69 Å². The lowest BCUT2D eigenvalue weighted by atomic mass is 10.1. The maximum atomic E-state index is 10.8. The number of anilines is 1. The van der Waals surface area contributed by atoms with E-state index in [4.69, 9.17) is 5.11 Å². The van der Waals surface area contributed by atoms with Gasteiger partial charge in [-0.25, -0.2) is 0 Å².